The first-order valence-electron chi connectivity index (χ1n) is 7.40. The molecule has 0 aromatic heterocycles. The van der Waals surface area contributed by atoms with Gasteiger partial charge >= 0.3 is 0 Å². The van der Waals surface area contributed by atoms with Crippen molar-refractivity contribution in [2.24, 2.45) is 5.73 Å². The molecule has 0 saturated heterocycles. The summed E-state index contributed by atoms with van der Waals surface area (Å²) in [7, 11) is 2.08. The molecule has 0 heterocycles. The molecule has 0 spiro atoms. The Labute approximate surface area is 116 Å². The molecule has 3 N–H and O–H groups in total. The maximum Gasteiger partial charge on any atom is 0.0743 e. The second kappa shape index (κ2) is 6.40. The molecule has 19 heavy (non-hydrogen) atoms. The number of nitrogens with zero attached hydrogens (tertiary/aromatic N) is 1. The summed E-state index contributed by atoms with van der Waals surface area (Å²) in [6.07, 6.45) is 5.12. The number of nitrogens with two attached hydrogens (primary N) is 1. The van der Waals surface area contributed by atoms with E-state index < -0.39 is 0 Å². The zero-order chi connectivity index (χ0) is 13.8. The summed E-state index contributed by atoms with van der Waals surface area (Å²) >= 11 is 0. The number of likely N-dealkylation sites (N-methyl/N-ethyl adjacent to an activating group) is 1. The van der Waals surface area contributed by atoms with Crippen molar-refractivity contribution in [2.75, 3.05) is 11.9 Å². The summed E-state index contributed by atoms with van der Waals surface area (Å²) in [5.74, 6) is 0. The van der Waals surface area contributed by atoms with Crippen molar-refractivity contribution in [3.05, 3.63) is 29.8 Å². The van der Waals surface area contributed by atoms with Crippen LogP contribution in [-0.2, 0) is 0 Å². The highest BCUT2D eigenvalue weighted by molar-refractivity contribution is 5.48. The van der Waals surface area contributed by atoms with E-state index in [1.165, 1.54) is 12.0 Å². The Balaban J connectivity index is 2.08. The number of rotatable bonds is 4. The first-order chi connectivity index (χ1) is 9.13. The topological polar surface area (TPSA) is 49.5 Å². The Morgan fingerprint density at radius 1 is 1.26 bits per heavy atom. The van der Waals surface area contributed by atoms with Gasteiger partial charge in [0, 0.05) is 18.8 Å². The maximum atomic E-state index is 10.1. The van der Waals surface area contributed by atoms with Crippen molar-refractivity contribution in [1.82, 2.24) is 0 Å². The highest BCUT2D eigenvalue weighted by atomic mass is 16.3. The standard InChI is InChI=1S/C16H26N2O/c1-3-14(17)12-8-10-13(11-9-12)18(2)15-6-4-5-7-16(15)19/h8-11,14-16,19H,3-7,17H2,1-2H3/t14-,15?,16?/m1/s1. The van der Waals surface area contributed by atoms with E-state index in [0.717, 1.165) is 31.4 Å². The van der Waals surface area contributed by atoms with Gasteiger partial charge in [-0.15, -0.1) is 0 Å². The van der Waals surface area contributed by atoms with E-state index in [9.17, 15) is 5.11 Å². The van der Waals surface area contributed by atoms with Crippen LogP contribution in [-0.4, -0.2) is 24.3 Å². The van der Waals surface area contributed by atoms with E-state index in [1.807, 2.05) is 0 Å². The monoisotopic (exact) mass is 262 g/mol. The van der Waals surface area contributed by atoms with E-state index in [4.69, 9.17) is 5.73 Å². The second-order valence-electron chi connectivity index (χ2n) is 5.64. The SMILES string of the molecule is CC[C@@H](N)c1ccc(N(C)C2CCCCC2O)cc1. The highest BCUT2D eigenvalue weighted by Gasteiger charge is 2.26. The average Bonchev–Trinajstić information content (AvgIpc) is 2.46. The van der Waals surface area contributed by atoms with Gasteiger partial charge in [-0.05, 0) is 37.0 Å². The lowest BCUT2D eigenvalue weighted by Crippen LogP contribution is -2.43. The fourth-order valence-electron chi connectivity index (χ4n) is 2.93. The van der Waals surface area contributed by atoms with Gasteiger partial charge in [0.15, 0.2) is 0 Å². The molecular formula is C16H26N2O. The van der Waals surface area contributed by atoms with Crippen molar-refractivity contribution >= 4 is 5.69 Å². The number of anilines is 1. The first kappa shape index (κ1) is 14.4. The van der Waals surface area contributed by atoms with Crippen molar-refractivity contribution in [2.45, 2.75) is 57.2 Å². The molecule has 0 bridgehead atoms. The molecule has 1 saturated carbocycles. The van der Waals surface area contributed by atoms with E-state index in [2.05, 4.69) is 43.1 Å². The van der Waals surface area contributed by atoms with Crippen LogP contribution in [0.1, 0.15) is 50.6 Å². The highest BCUT2D eigenvalue weighted by Crippen LogP contribution is 2.27. The molecule has 0 radical (unpaired) electrons. The number of hydrogen-bond acceptors (Lipinski definition) is 3. The summed E-state index contributed by atoms with van der Waals surface area (Å²) in [4.78, 5) is 2.21. The van der Waals surface area contributed by atoms with Crippen LogP contribution in [0.4, 0.5) is 5.69 Å². The van der Waals surface area contributed by atoms with Crippen molar-refractivity contribution in [1.29, 1.82) is 0 Å². The van der Waals surface area contributed by atoms with E-state index in [1.54, 1.807) is 0 Å². The lowest BCUT2D eigenvalue weighted by atomic mass is 9.91. The molecule has 2 unspecified atom stereocenters. The lowest BCUT2D eigenvalue weighted by molar-refractivity contribution is 0.106. The first-order valence-corrected chi connectivity index (χ1v) is 7.40. The molecule has 3 heteroatoms. The van der Waals surface area contributed by atoms with E-state index >= 15 is 0 Å². The minimum absolute atomic E-state index is 0.125. The molecule has 3 atom stereocenters. The van der Waals surface area contributed by atoms with E-state index in [-0.39, 0.29) is 18.2 Å². The molecule has 2 rings (SSSR count). The van der Waals surface area contributed by atoms with Crippen LogP contribution in [0, 0.1) is 0 Å². The summed E-state index contributed by atoms with van der Waals surface area (Å²) in [5.41, 5.74) is 8.38. The van der Waals surface area contributed by atoms with Crippen LogP contribution >= 0.6 is 0 Å². The Bertz CT molecular complexity index is 390. The second-order valence-corrected chi connectivity index (χ2v) is 5.64. The number of benzene rings is 1. The van der Waals surface area contributed by atoms with Gasteiger partial charge in [-0.25, -0.2) is 0 Å². The molecule has 1 aliphatic rings. The predicted molar refractivity (Wildman–Crippen MR) is 80.3 cm³/mol. The van der Waals surface area contributed by atoms with Crippen LogP contribution < -0.4 is 10.6 Å². The maximum absolute atomic E-state index is 10.1. The molecule has 106 valence electrons. The molecule has 3 nitrogen and oxygen atoms in total. The number of aliphatic hydroxyl groups is 1. The third-order valence-corrected chi connectivity index (χ3v) is 4.36. The summed E-state index contributed by atoms with van der Waals surface area (Å²) in [6.45, 7) is 2.10. The van der Waals surface area contributed by atoms with Crippen LogP contribution in [0.2, 0.25) is 0 Å². The Morgan fingerprint density at radius 2 is 1.89 bits per heavy atom. The van der Waals surface area contributed by atoms with Crippen LogP contribution in [0.25, 0.3) is 0 Å². The molecular weight excluding hydrogens is 236 g/mol. The molecule has 1 aliphatic carbocycles. The normalized spacial score (nSPS) is 25.1. The molecule has 1 aromatic rings. The largest absolute Gasteiger partial charge is 0.391 e. The van der Waals surface area contributed by atoms with Gasteiger partial charge in [0.2, 0.25) is 0 Å². The number of hydrogen-bond donors (Lipinski definition) is 2. The van der Waals surface area contributed by atoms with E-state index in [0.29, 0.717) is 0 Å². The average molecular weight is 262 g/mol. The van der Waals surface area contributed by atoms with Crippen molar-refractivity contribution < 1.29 is 5.11 Å². The third-order valence-electron chi connectivity index (χ3n) is 4.36. The third kappa shape index (κ3) is 3.28. The van der Waals surface area contributed by atoms with Gasteiger partial charge in [0.25, 0.3) is 0 Å². The summed E-state index contributed by atoms with van der Waals surface area (Å²) in [5, 5.41) is 10.1. The zero-order valence-corrected chi connectivity index (χ0v) is 12.0. The van der Waals surface area contributed by atoms with Crippen molar-refractivity contribution in [3.8, 4) is 0 Å². The fourth-order valence-corrected chi connectivity index (χ4v) is 2.93. The minimum Gasteiger partial charge on any atom is -0.391 e. The van der Waals surface area contributed by atoms with Gasteiger partial charge in [-0.1, -0.05) is 31.9 Å². The Kier molecular flexibility index (Phi) is 4.83. The van der Waals surface area contributed by atoms with Crippen LogP contribution in [0.15, 0.2) is 24.3 Å². The quantitative estimate of drug-likeness (QED) is 0.877. The Morgan fingerprint density at radius 3 is 2.47 bits per heavy atom. The van der Waals surface area contributed by atoms with Gasteiger partial charge in [0.05, 0.1) is 12.1 Å². The minimum atomic E-state index is -0.198. The predicted octanol–water partition coefficient (Wildman–Crippen LogP) is 2.84. The van der Waals surface area contributed by atoms with Crippen LogP contribution in [0.3, 0.4) is 0 Å². The molecule has 1 fully saturated rings. The molecule has 0 aliphatic heterocycles. The molecule has 0 amide bonds. The van der Waals surface area contributed by atoms with Crippen LogP contribution in [0.5, 0.6) is 0 Å². The van der Waals surface area contributed by atoms with Gasteiger partial charge in [0.1, 0.15) is 0 Å². The van der Waals surface area contributed by atoms with Gasteiger partial charge in [-0.2, -0.15) is 0 Å². The smallest absolute Gasteiger partial charge is 0.0743 e. The van der Waals surface area contributed by atoms with Gasteiger partial charge in [-0.3, -0.25) is 0 Å². The fraction of sp³-hybridized carbons (Fsp3) is 0.625. The zero-order valence-electron chi connectivity index (χ0n) is 12.0. The lowest BCUT2D eigenvalue weighted by Gasteiger charge is -2.36. The Hall–Kier alpha value is -1.06. The number of aliphatic hydroxyl groups excluding tert-OH is 1. The van der Waals surface area contributed by atoms with Gasteiger partial charge < -0.3 is 15.7 Å². The molecule has 1 aromatic carbocycles. The van der Waals surface area contributed by atoms with Crippen molar-refractivity contribution in [3.63, 3.8) is 0 Å². The summed E-state index contributed by atoms with van der Waals surface area (Å²) < 4.78 is 0. The summed E-state index contributed by atoms with van der Waals surface area (Å²) in [6, 6.07) is 8.82.